The summed E-state index contributed by atoms with van der Waals surface area (Å²) in [5, 5.41) is 2.91. The van der Waals surface area contributed by atoms with Crippen molar-refractivity contribution in [1.82, 2.24) is 10.2 Å². The second kappa shape index (κ2) is 12.7. The molecule has 1 aromatic rings. The van der Waals surface area contributed by atoms with Crippen LogP contribution in [-0.4, -0.2) is 43.0 Å². The molecule has 0 saturated heterocycles. The first-order chi connectivity index (χ1) is 9.54. The van der Waals surface area contributed by atoms with Crippen molar-refractivity contribution in [3.05, 3.63) is 35.9 Å². The third kappa shape index (κ3) is 8.59. The van der Waals surface area contributed by atoms with Crippen LogP contribution in [0.3, 0.4) is 0 Å². The van der Waals surface area contributed by atoms with Gasteiger partial charge < -0.3 is 16.0 Å². The van der Waals surface area contributed by atoms with Gasteiger partial charge in [-0.05, 0) is 32.4 Å². The van der Waals surface area contributed by atoms with E-state index in [2.05, 4.69) is 31.1 Å². The molecule has 0 bridgehead atoms. The van der Waals surface area contributed by atoms with E-state index < -0.39 is 6.04 Å². The van der Waals surface area contributed by atoms with Crippen molar-refractivity contribution >= 4 is 30.7 Å². The quantitative estimate of drug-likeness (QED) is 0.756. The van der Waals surface area contributed by atoms with Gasteiger partial charge >= 0.3 is 0 Å². The Morgan fingerprint density at radius 1 is 1.27 bits per heavy atom. The van der Waals surface area contributed by atoms with Crippen LogP contribution < -0.4 is 11.1 Å². The number of carbonyl (C=O) groups excluding carboxylic acids is 1. The number of nitrogens with zero attached hydrogens (tertiary/aromatic N) is 1. The molecule has 6 heteroatoms. The summed E-state index contributed by atoms with van der Waals surface area (Å²) >= 11 is 0. The summed E-state index contributed by atoms with van der Waals surface area (Å²) in [6.45, 7) is 5.83. The van der Waals surface area contributed by atoms with Crippen LogP contribution in [0.25, 0.3) is 0 Å². The molecular formula is C16H29Cl2N3O. The molecule has 0 aliphatic rings. The monoisotopic (exact) mass is 349 g/mol. The Morgan fingerprint density at radius 3 is 2.41 bits per heavy atom. The zero-order valence-corrected chi connectivity index (χ0v) is 15.3. The van der Waals surface area contributed by atoms with Crippen LogP contribution in [0.4, 0.5) is 0 Å². The molecule has 0 aliphatic carbocycles. The second-order valence-corrected chi connectivity index (χ2v) is 5.33. The van der Waals surface area contributed by atoms with Crippen molar-refractivity contribution in [1.29, 1.82) is 0 Å². The van der Waals surface area contributed by atoms with Crippen molar-refractivity contribution < 1.29 is 4.79 Å². The summed E-state index contributed by atoms with van der Waals surface area (Å²) in [5.41, 5.74) is 7.02. The topological polar surface area (TPSA) is 58.4 Å². The lowest BCUT2D eigenvalue weighted by Crippen LogP contribution is -2.45. The first-order valence-corrected chi connectivity index (χ1v) is 7.32. The normalized spacial score (nSPS) is 12.8. The van der Waals surface area contributed by atoms with Crippen molar-refractivity contribution in [2.75, 3.05) is 20.1 Å². The fraction of sp³-hybridized carbons (Fsp3) is 0.562. The van der Waals surface area contributed by atoms with Crippen LogP contribution in [0.5, 0.6) is 0 Å². The molecule has 22 heavy (non-hydrogen) atoms. The highest BCUT2D eigenvalue weighted by Gasteiger charge is 2.14. The van der Waals surface area contributed by atoms with Crippen LogP contribution in [0.2, 0.25) is 0 Å². The molecule has 0 aromatic heterocycles. The average molecular weight is 350 g/mol. The fourth-order valence-corrected chi connectivity index (χ4v) is 1.98. The maximum absolute atomic E-state index is 11.9. The standard InChI is InChI=1S/C16H27N3O.2ClH/c1-4-13(2)19(3)11-10-18-16(20)15(17)12-14-8-6-5-7-9-14;;/h5-9,13,15H,4,10-12,17H2,1-3H3,(H,18,20);2*1H. The highest BCUT2D eigenvalue weighted by atomic mass is 35.5. The van der Waals surface area contributed by atoms with Crippen molar-refractivity contribution in [2.45, 2.75) is 38.8 Å². The average Bonchev–Trinajstić information content (AvgIpc) is 2.47. The highest BCUT2D eigenvalue weighted by molar-refractivity contribution is 5.85. The Kier molecular flexibility index (Phi) is 13.5. The summed E-state index contributed by atoms with van der Waals surface area (Å²) in [6.07, 6.45) is 1.69. The Labute approximate surface area is 146 Å². The minimum atomic E-state index is -0.480. The Bertz CT molecular complexity index is 404. The van der Waals surface area contributed by atoms with Gasteiger partial charge in [0.25, 0.3) is 0 Å². The number of benzene rings is 1. The van der Waals surface area contributed by atoms with Crippen LogP contribution in [-0.2, 0) is 11.2 Å². The zero-order chi connectivity index (χ0) is 15.0. The van der Waals surface area contributed by atoms with Crippen molar-refractivity contribution in [3.8, 4) is 0 Å². The third-order valence-corrected chi connectivity index (χ3v) is 3.74. The molecule has 2 unspecified atom stereocenters. The summed E-state index contributed by atoms with van der Waals surface area (Å²) in [4.78, 5) is 14.2. The van der Waals surface area contributed by atoms with Crippen molar-refractivity contribution in [2.24, 2.45) is 5.73 Å². The first-order valence-electron chi connectivity index (χ1n) is 7.32. The molecule has 4 nitrogen and oxygen atoms in total. The zero-order valence-electron chi connectivity index (χ0n) is 13.6. The van der Waals surface area contributed by atoms with E-state index in [0.717, 1.165) is 18.5 Å². The molecule has 2 atom stereocenters. The second-order valence-electron chi connectivity index (χ2n) is 5.33. The lowest BCUT2D eigenvalue weighted by atomic mass is 10.1. The summed E-state index contributed by atoms with van der Waals surface area (Å²) < 4.78 is 0. The van der Waals surface area contributed by atoms with Gasteiger partial charge in [0.15, 0.2) is 0 Å². The first kappa shape index (κ1) is 23.5. The van der Waals surface area contributed by atoms with Gasteiger partial charge in [0.05, 0.1) is 6.04 Å². The number of likely N-dealkylation sites (N-methyl/N-ethyl adjacent to an activating group) is 1. The van der Waals surface area contributed by atoms with E-state index >= 15 is 0 Å². The number of nitrogens with two attached hydrogens (primary N) is 1. The minimum Gasteiger partial charge on any atom is -0.353 e. The predicted molar refractivity (Wildman–Crippen MR) is 98.0 cm³/mol. The van der Waals surface area contributed by atoms with Gasteiger partial charge in [-0.15, -0.1) is 24.8 Å². The van der Waals surface area contributed by atoms with Gasteiger partial charge in [-0.1, -0.05) is 37.3 Å². The number of carbonyl (C=O) groups is 1. The SMILES string of the molecule is CCC(C)N(C)CCNC(=O)C(N)Cc1ccccc1.Cl.Cl. The van der Waals surface area contributed by atoms with E-state index in [-0.39, 0.29) is 30.7 Å². The fourth-order valence-electron chi connectivity index (χ4n) is 1.98. The van der Waals surface area contributed by atoms with E-state index in [4.69, 9.17) is 5.73 Å². The summed E-state index contributed by atoms with van der Waals surface area (Å²) in [7, 11) is 2.07. The molecule has 0 spiro atoms. The number of amides is 1. The molecule has 128 valence electrons. The summed E-state index contributed by atoms with van der Waals surface area (Å²) in [6, 6.07) is 9.91. The predicted octanol–water partition coefficient (Wildman–Crippen LogP) is 2.25. The molecule has 0 radical (unpaired) electrons. The molecule has 0 fully saturated rings. The van der Waals surface area contributed by atoms with E-state index in [9.17, 15) is 4.79 Å². The number of halogens is 2. The van der Waals surface area contributed by atoms with Crippen LogP contribution in [0.15, 0.2) is 30.3 Å². The maximum Gasteiger partial charge on any atom is 0.237 e. The number of hydrogen-bond donors (Lipinski definition) is 2. The minimum absolute atomic E-state index is 0. The number of hydrogen-bond acceptors (Lipinski definition) is 3. The molecule has 1 amide bonds. The molecule has 0 heterocycles. The molecule has 3 N–H and O–H groups in total. The van der Waals surface area contributed by atoms with Gasteiger partial charge in [0, 0.05) is 19.1 Å². The smallest absolute Gasteiger partial charge is 0.237 e. The summed E-state index contributed by atoms with van der Waals surface area (Å²) in [5.74, 6) is -0.0774. The third-order valence-electron chi connectivity index (χ3n) is 3.74. The Balaban J connectivity index is 0. The van der Waals surface area contributed by atoms with E-state index in [0.29, 0.717) is 19.0 Å². The Morgan fingerprint density at radius 2 is 1.86 bits per heavy atom. The lowest BCUT2D eigenvalue weighted by molar-refractivity contribution is -0.122. The van der Waals surface area contributed by atoms with Crippen LogP contribution >= 0.6 is 24.8 Å². The van der Waals surface area contributed by atoms with E-state index in [1.807, 2.05) is 30.3 Å². The lowest BCUT2D eigenvalue weighted by Gasteiger charge is -2.23. The molecule has 0 aliphatic heterocycles. The molecule has 1 aromatic carbocycles. The molecular weight excluding hydrogens is 321 g/mol. The number of rotatable bonds is 8. The largest absolute Gasteiger partial charge is 0.353 e. The Hall–Kier alpha value is -0.810. The molecule has 0 saturated carbocycles. The van der Waals surface area contributed by atoms with Crippen molar-refractivity contribution in [3.63, 3.8) is 0 Å². The van der Waals surface area contributed by atoms with E-state index in [1.165, 1.54) is 0 Å². The van der Waals surface area contributed by atoms with Crippen LogP contribution in [0, 0.1) is 0 Å². The van der Waals surface area contributed by atoms with Gasteiger partial charge in [0.2, 0.25) is 5.91 Å². The van der Waals surface area contributed by atoms with Gasteiger partial charge in [-0.25, -0.2) is 0 Å². The molecule has 1 rings (SSSR count). The van der Waals surface area contributed by atoms with Gasteiger partial charge in [-0.3, -0.25) is 4.79 Å². The highest BCUT2D eigenvalue weighted by Crippen LogP contribution is 2.02. The van der Waals surface area contributed by atoms with Gasteiger partial charge in [-0.2, -0.15) is 0 Å². The van der Waals surface area contributed by atoms with E-state index in [1.54, 1.807) is 0 Å². The van der Waals surface area contributed by atoms with Gasteiger partial charge in [0.1, 0.15) is 0 Å². The van der Waals surface area contributed by atoms with Crippen LogP contribution in [0.1, 0.15) is 25.8 Å². The number of nitrogens with one attached hydrogen (secondary N) is 1. The maximum atomic E-state index is 11.9.